The van der Waals surface area contributed by atoms with Crippen molar-refractivity contribution in [2.75, 3.05) is 49.6 Å². The summed E-state index contributed by atoms with van der Waals surface area (Å²) in [4.78, 5) is 16.8. The average molecular weight is 514 g/mol. The molecular formula is C27H30F3N5O2. The predicted octanol–water partition coefficient (Wildman–Crippen LogP) is 4.73. The molecule has 196 valence electrons. The molecule has 0 radical (unpaired) electrons. The van der Waals surface area contributed by atoms with Gasteiger partial charge in [0, 0.05) is 37.3 Å². The van der Waals surface area contributed by atoms with Crippen LogP contribution in [0.2, 0.25) is 0 Å². The standard InChI is InChI=1S/C27H30F3N5O2/c1-16-20(6-4-8-22(16)27(28,29)30)17(2)31-25-24-21(18(3)32-33-25)7-5-9-23(24)34-10-12-35(13-11-34)26(36)19-14-37-15-19/h4-9,17,19H,10-15H2,1-3H3,(H,31,33)/t17-/m1/s1. The van der Waals surface area contributed by atoms with E-state index in [1.165, 1.54) is 13.0 Å². The van der Waals surface area contributed by atoms with Gasteiger partial charge in [0.15, 0.2) is 5.82 Å². The smallest absolute Gasteiger partial charge is 0.380 e. The van der Waals surface area contributed by atoms with Crippen LogP contribution in [0.1, 0.15) is 35.3 Å². The first-order valence-corrected chi connectivity index (χ1v) is 12.5. The van der Waals surface area contributed by atoms with E-state index in [1.54, 1.807) is 6.07 Å². The van der Waals surface area contributed by atoms with E-state index in [9.17, 15) is 18.0 Å². The lowest BCUT2D eigenvalue weighted by molar-refractivity contribution is -0.150. The van der Waals surface area contributed by atoms with Gasteiger partial charge in [-0.1, -0.05) is 24.3 Å². The van der Waals surface area contributed by atoms with Crippen molar-refractivity contribution in [1.29, 1.82) is 0 Å². The number of aromatic nitrogens is 2. The number of hydrogen-bond acceptors (Lipinski definition) is 6. The van der Waals surface area contributed by atoms with Crippen molar-refractivity contribution >= 4 is 28.2 Å². The lowest BCUT2D eigenvalue weighted by atomic mass is 9.97. The highest BCUT2D eigenvalue weighted by Crippen LogP contribution is 2.37. The second kappa shape index (κ2) is 9.81. The molecule has 1 N–H and O–H groups in total. The molecule has 1 amide bonds. The maximum Gasteiger partial charge on any atom is 0.416 e. The number of nitrogens with zero attached hydrogens (tertiary/aromatic N) is 4. The highest BCUT2D eigenvalue weighted by atomic mass is 19.4. The molecule has 10 heteroatoms. The summed E-state index contributed by atoms with van der Waals surface area (Å²) in [6, 6.07) is 9.78. The Morgan fingerprint density at radius 3 is 2.41 bits per heavy atom. The molecule has 7 nitrogen and oxygen atoms in total. The van der Waals surface area contributed by atoms with E-state index in [0.717, 1.165) is 28.2 Å². The van der Waals surface area contributed by atoms with Crippen LogP contribution in [-0.2, 0) is 15.7 Å². The number of benzene rings is 2. The number of amides is 1. The number of ether oxygens (including phenoxy) is 1. The molecule has 2 fully saturated rings. The Bertz CT molecular complexity index is 1320. The SMILES string of the molecule is Cc1c([C@@H](C)Nc2nnc(C)c3cccc(N4CCN(C(=O)C5COC5)CC4)c23)cccc1C(F)(F)F. The van der Waals surface area contributed by atoms with Crippen molar-refractivity contribution < 1.29 is 22.7 Å². The zero-order valence-corrected chi connectivity index (χ0v) is 21.1. The zero-order chi connectivity index (χ0) is 26.3. The molecule has 0 bridgehead atoms. The lowest BCUT2D eigenvalue weighted by Crippen LogP contribution is -2.53. The van der Waals surface area contributed by atoms with Crippen LogP contribution < -0.4 is 10.2 Å². The Morgan fingerprint density at radius 1 is 1.05 bits per heavy atom. The van der Waals surface area contributed by atoms with Gasteiger partial charge in [-0.05, 0) is 44.0 Å². The summed E-state index contributed by atoms with van der Waals surface area (Å²) < 4.78 is 45.7. The highest BCUT2D eigenvalue weighted by Gasteiger charge is 2.34. The van der Waals surface area contributed by atoms with Crippen LogP contribution in [0.15, 0.2) is 36.4 Å². The van der Waals surface area contributed by atoms with Crippen LogP contribution >= 0.6 is 0 Å². The molecule has 0 unspecified atom stereocenters. The molecule has 5 rings (SSSR count). The van der Waals surface area contributed by atoms with Crippen LogP contribution in [0, 0.1) is 19.8 Å². The molecular weight excluding hydrogens is 483 g/mol. The molecule has 3 heterocycles. The number of piperazine rings is 1. The fraction of sp³-hybridized carbons (Fsp3) is 0.444. The van der Waals surface area contributed by atoms with Crippen molar-refractivity contribution in [1.82, 2.24) is 15.1 Å². The van der Waals surface area contributed by atoms with Crippen LogP contribution in [0.4, 0.5) is 24.7 Å². The third-order valence-corrected chi connectivity index (χ3v) is 7.39. The van der Waals surface area contributed by atoms with Gasteiger partial charge >= 0.3 is 6.18 Å². The Morgan fingerprint density at radius 2 is 1.76 bits per heavy atom. The van der Waals surface area contributed by atoms with Gasteiger partial charge in [0.1, 0.15) is 0 Å². The van der Waals surface area contributed by atoms with E-state index in [1.807, 2.05) is 36.9 Å². The van der Waals surface area contributed by atoms with Gasteiger partial charge in [-0.15, -0.1) is 5.10 Å². The maximum absolute atomic E-state index is 13.5. The fourth-order valence-corrected chi connectivity index (χ4v) is 5.20. The third kappa shape index (κ3) is 4.82. The number of carbonyl (C=O) groups excluding carboxylic acids is 1. The minimum atomic E-state index is -4.42. The summed E-state index contributed by atoms with van der Waals surface area (Å²) >= 11 is 0. The molecule has 3 aromatic rings. The highest BCUT2D eigenvalue weighted by molar-refractivity contribution is 6.03. The number of halogens is 3. The first-order chi connectivity index (χ1) is 17.6. The summed E-state index contributed by atoms with van der Waals surface area (Å²) in [6.45, 7) is 8.78. The van der Waals surface area contributed by atoms with Gasteiger partial charge in [0.2, 0.25) is 5.91 Å². The third-order valence-electron chi connectivity index (χ3n) is 7.39. The summed E-state index contributed by atoms with van der Waals surface area (Å²) in [5.74, 6) is 0.641. The fourth-order valence-electron chi connectivity index (χ4n) is 5.20. The van der Waals surface area contributed by atoms with Crippen molar-refractivity contribution in [3.05, 3.63) is 58.8 Å². The van der Waals surface area contributed by atoms with E-state index in [-0.39, 0.29) is 17.4 Å². The monoisotopic (exact) mass is 513 g/mol. The Labute approximate surface area is 213 Å². The van der Waals surface area contributed by atoms with Gasteiger partial charge in [0.05, 0.1) is 41.8 Å². The van der Waals surface area contributed by atoms with Crippen LogP contribution in [0.5, 0.6) is 0 Å². The molecule has 2 aliphatic rings. The number of carbonyl (C=O) groups is 1. The molecule has 1 aromatic heterocycles. The minimum Gasteiger partial charge on any atom is -0.380 e. The summed E-state index contributed by atoms with van der Waals surface area (Å²) in [5.41, 5.74) is 1.83. The number of nitrogens with one attached hydrogen (secondary N) is 1. The van der Waals surface area contributed by atoms with Crippen LogP contribution in [0.3, 0.4) is 0 Å². The van der Waals surface area contributed by atoms with E-state index < -0.39 is 17.8 Å². The predicted molar refractivity (Wildman–Crippen MR) is 136 cm³/mol. The molecule has 37 heavy (non-hydrogen) atoms. The normalized spacial score (nSPS) is 17.6. The number of hydrogen-bond donors (Lipinski definition) is 1. The van der Waals surface area contributed by atoms with E-state index in [0.29, 0.717) is 50.8 Å². The Balaban J connectivity index is 1.44. The van der Waals surface area contributed by atoms with Gasteiger partial charge in [-0.2, -0.15) is 18.3 Å². The largest absolute Gasteiger partial charge is 0.416 e. The van der Waals surface area contributed by atoms with E-state index in [4.69, 9.17) is 4.74 Å². The Kier molecular flexibility index (Phi) is 6.70. The van der Waals surface area contributed by atoms with Gasteiger partial charge in [0.25, 0.3) is 0 Å². The number of alkyl halides is 3. The molecule has 2 aromatic carbocycles. The van der Waals surface area contributed by atoms with Gasteiger partial charge in [-0.25, -0.2) is 0 Å². The van der Waals surface area contributed by atoms with E-state index >= 15 is 0 Å². The number of anilines is 2. The zero-order valence-electron chi connectivity index (χ0n) is 21.1. The van der Waals surface area contributed by atoms with Crippen molar-refractivity contribution in [3.63, 3.8) is 0 Å². The summed E-state index contributed by atoms with van der Waals surface area (Å²) in [5, 5.41) is 13.9. The van der Waals surface area contributed by atoms with Gasteiger partial charge < -0.3 is 19.9 Å². The molecule has 0 aliphatic carbocycles. The molecule has 0 spiro atoms. The van der Waals surface area contributed by atoms with Crippen molar-refractivity contribution in [3.8, 4) is 0 Å². The van der Waals surface area contributed by atoms with E-state index in [2.05, 4.69) is 20.4 Å². The maximum atomic E-state index is 13.5. The minimum absolute atomic E-state index is 0.0291. The topological polar surface area (TPSA) is 70.6 Å². The number of fused-ring (bicyclic) bond motifs is 1. The van der Waals surface area contributed by atoms with Crippen LogP contribution in [-0.4, -0.2) is 60.4 Å². The van der Waals surface area contributed by atoms with Gasteiger partial charge in [-0.3, -0.25) is 4.79 Å². The van der Waals surface area contributed by atoms with Crippen LogP contribution in [0.25, 0.3) is 10.8 Å². The molecule has 2 saturated heterocycles. The first kappa shape index (κ1) is 25.3. The summed E-state index contributed by atoms with van der Waals surface area (Å²) in [6.07, 6.45) is -4.42. The summed E-state index contributed by atoms with van der Waals surface area (Å²) in [7, 11) is 0. The number of aryl methyl sites for hydroxylation is 1. The molecule has 2 aliphatic heterocycles. The second-order valence-electron chi connectivity index (χ2n) is 9.76. The first-order valence-electron chi connectivity index (χ1n) is 12.5. The van der Waals surface area contributed by atoms with Crippen molar-refractivity contribution in [2.24, 2.45) is 5.92 Å². The Hall–Kier alpha value is -3.40. The molecule has 0 saturated carbocycles. The quantitative estimate of drug-likeness (QED) is 0.532. The number of rotatable bonds is 5. The molecule has 1 atom stereocenters. The second-order valence-corrected chi connectivity index (χ2v) is 9.76. The average Bonchev–Trinajstić information content (AvgIpc) is 2.84. The lowest BCUT2D eigenvalue weighted by Gasteiger charge is -2.39. The van der Waals surface area contributed by atoms with Crippen molar-refractivity contribution in [2.45, 2.75) is 33.0 Å².